The van der Waals surface area contributed by atoms with Crippen molar-refractivity contribution < 1.29 is 13.9 Å². The molecule has 152 valence electrons. The van der Waals surface area contributed by atoms with E-state index in [2.05, 4.69) is 15.3 Å². The third-order valence-electron chi connectivity index (χ3n) is 4.01. The van der Waals surface area contributed by atoms with Crippen molar-refractivity contribution in [3.8, 4) is 21.5 Å². The molecule has 0 unspecified atom stereocenters. The van der Waals surface area contributed by atoms with Gasteiger partial charge in [0, 0.05) is 29.8 Å². The summed E-state index contributed by atoms with van der Waals surface area (Å²) in [4.78, 5) is 22.0. The number of amides is 1. The zero-order chi connectivity index (χ0) is 20.9. The van der Waals surface area contributed by atoms with E-state index in [-0.39, 0.29) is 18.9 Å². The summed E-state index contributed by atoms with van der Waals surface area (Å²) in [7, 11) is 0. The number of aromatic nitrogens is 2. The zero-order valence-electron chi connectivity index (χ0n) is 15.5. The van der Waals surface area contributed by atoms with E-state index in [1.54, 1.807) is 30.5 Å². The van der Waals surface area contributed by atoms with Crippen molar-refractivity contribution in [3.05, 3.63) is 81.5 Å². The summed E-state index contributed by atoms with van der Waals surface area (Å²) in [6, 6.07) is 13.1. The topological polar surface area (TPSA) is 64.1 Å². The summed E-state index contributed by atoms with van der Waals surface area (Å²) in [6.45, 7) is 0.231. The Hall–Kier alpha value is -2.81. The van der Waals surface area contributed by atoms with Crippen LogP contribution in [0.15, 0.2) is 60.1 Å². The van der Waals surface area contributed by atoms with Crippen LogP contribution in [-0.4, -0.2) is 15.9 Å². The van der Waals surface area contributed by atoms with Crippen LogP contribution in [0.5, 0.6) is 11.6 Å². The first-order chi connectivity index (χ1) is 14.6. The van der Waals surface area contributed by atoms with Crippen LogP contribution in [0.4, 0.5) is 4.39 Å². The second-order valence-corrected chi connectivity index (χ2v) is 8.80. The van der Waals surface area contributed by atoms with Crippen LogP contribution < -0.4 is 10.1 Å². The molecule has 0 aliphatic heterocycles. The average molecular weight is 460 g/mol. The summed E-state index contributed by atoms with van der Waals surface area (Å²) >= 11 is 8.90. The fraction of sp³-hybridized carbons (Fsp3) is 0.0952. The van der Waals surface area contributed by atoms with Crippen molar-refractivity contribution in [2.45, 2.75) is 13.0 Å². The number of carbonyl (C=O) groups is 1. The van der Waals surface area contributed by atoms with Crippen LogP contribution >= 0.6 is 34.3 Å². The molecule has 0 bridgehead atoms. The highest BCUT2D eigenvalue weighted by molar-refractivity contribution is 7.23. The van der Waals surface area contributed by atoms with E-state index >= 15 is 0 Å². The quantitative estimate of drug-likeness (QED) is 0.384. The highest BCUT2D eigenvalue weighted by atomic mass is 35.5. The van der Waals surface area contributed by atoms with Gasteiger partial charge in [-0.15, -0.1) is 22.7 Å². The van der Waals surface area contributed by atoms with Crippen LogP contribution in [0.25, 0.3) is 9.88 Å². The monoisotopic (exact) mass is 459 g/mol. The Morgan fingerprint density at radius 2 is 2.10 bits per heavy atom. The summed E-state index contributed by atoms with van der Waals surface area (Å²) in [5.74, 6) is 0.0845. The number of pyridine rings is 1. The third kappa shape index (κ3) is 5.21. The van der Waals surface area contributed by atoms with Gasteiger partial charge in [-0.05, 0) is 30.3 Å². The van der Waals surface area contributed by atoms with Gasteiger partial charge in [0.25, 0.3) is 0 Å². The van der Waals surface area contributed by atoms with Gasteiger partial charge in [-0.25, -0.2) is 14.4 Å². The SMILES string of the molecule is O=C(Cc1csc(-c2ccc(Cl)s2)n1)NCc1cccnc1Oc1cccc(F)c1. The number of hydrogen-bond acceptors (Lipinski definition) is 6. The van der Waals surface area contributed by atoms with E-state index in [0.717, 1.165) is 9.88 Å². The molecule has 0 spiro atoms. The number of carbonyl (C=O) groups excluding carboxylic acids is 1. The fourth-order valence-electron chi connectivity index (χ4n) is 2.64. The Morgan fingerprint density at radius 1 is 1.20 bits per heavy atom. The summed E-state index contributed by atoms with van der Waals surface area (Å²) < 4.78 is 19.7. The lowest BCUT2D eigenvalue weighted by atomic mass is 10.2. The van der Waals surface area contributed by atoms with Crippen molar-refractivity contribution in [2.24, 2.45) is 0 Å². The molecule has 0 atom stereocenters. The molecule has 0 saturated carbocycles. The number of thiophene rings is 1. The molecule has 3 heterocycles. The van der Waals surface area contributed by atoms with Gasteiger partial charge in [0.15, 0.2) is 0 Å². The normalized spacial score (nSPS) is 10.7. The van der Waals surface area contributed by atoms with Crippen molar-refractivity contribution in [1.82, 2.24) is 15.3 Å². The molecule has 30 heavy (non-hydrogen) atoms. The van der Waals surface area contributed by atoms with E-state index in [1.807, 2.05) is 17.5 Å². The number of rotatable bonds is 7. The predicted molar refractivity (Wildman–Crippen MR) is 117 cm³/mol. The molecular weight excluding hydrogens is 445 g/mol. The van der Waals surface area contributed by atoms with E-state index in [4.69, 9.17) is 16.3 Å². The highest BCUT2D eigenvalue weighted by Crippen LogP contribution is 2.33. The summed E-state index contributed by atoms with van der Waals surface area (Å²) in [6.07, 6.45) is 1.74. The number of ether oxygens (including phenoxy) is 1. The van der Waals surface area contributed by atoms with Gasteiger partial charge >= 0.3 is 0 Å². The molecule has 0 aliphatic carbocycles. The van der Waals surface area contributed by atoms with E-state index in [1.165, 1.54) is 34.8 Å². The van der Waals surface area contributed by atoms with Crippen LogP contribution in [0.3, 0.4) is 0 Å². The van der Waals surface area contributed by atoms with Gasteiger partial charge < -0.3 is 10.1 Å². The van der Waals surface area contributed by atoms with E-state index in [9.17, 15) is 9.18 Å². The lowest BCUT2D eigenvalue weighted by molar-refractivity contribution is -0.120. The number of nitrogens with one attached hydrogen (secondary N) is 1. The molecule has 0 fully saturated rings. The van der Waals surface area contributed by atoms with Crippen molar-refractivity contribution in [3.63, 3.8) is 0 Å². The molecule has 4 aromatic rings. The molecule has 1 amide bonds. The number of hydrogen-bond donors (Lipinski definition) is 1. The lowest BCUT2D eigenvalue weighted by Gasteiger charge is -2.10. The molecule has 5 nitrogen and oxygen atoms in total. The first-order valence-corrected chi connectivity index (χ1v) is 11.0. The maximum atomic E-state index is 13.4. The summed E-state index contributed by atoms with van der Waals surface area (Å²) in [5, 5.41) is 5.56. The van der Waals surface area contributed by atoms with Crippen LogP contribution in [0.1, 0.15) is 11.3 Å². The smallest absolute Gasteiger partial charge is 0.226 e. The van der Waals surface area contributed by atoms with E-state index < -0.39 is 5.82 Å². The molecular formula is C21H15ClFN3O2S2. The largest absolute Gasteiger partial charge is 0.439 e. The maximum absolute atomic E-state index is 13.4. The predicted octanol–water partition coefficient (Wildman–Crippen LogP) is 5.71. The van der Waals surface area contributed by atoms with Crippen molar-refractivity contribution >= 4 is 40.2 Å². The standard InChI is InChI=1S/C21H15ClFN3O2S2/c22-18-7-6-17(30-18)21-26-15(12-29-21)10-19(27)25-11-13-3-2-8-24-20(13)28-16-5-1-4-14(23)9-16/h1-9,12H,10-11H2,(H,25,27). The number of halogens is 2. The second kappa shape index (κ2) is 9.34. The van der Waals surface area contributed by atoms with Gasteiger partial charge in [0.2, 0.25) is 11.8 Å². The Morgan fingerprint density at radius 3 is 2.90 bits per heavy atom. The molecule has 4 rings (SSSR count). The molecule has 0 aliphatic rings. The van der Waals surface area contributed by atoms with Crippen molar-refractivity contribution in [2.75, 3.05) is 0 Å². The first-order valence-electron chi connectivity index (χ1n) is 8.91. The number of nitrogens with zero attached hydrogens (tertiary/aromatic N) is 2. The second-order valence-electron chi connectivity index (χ2n) is 6.23. The Bertz CT molecular complexity index is 1180. The molecule has 0 saturated heterocycles. The maximum Gasteiger partial charge on any atom is 0.226 e. The highest BCUT2D eigenvalue weighted by Gasteiger charge is 2.12. The Balaban J connectivity index is 1.37. The van der Waals surface area contributed by atoms with Gasteiger partial charge in [-0.3, -0.25) is 4.79 Å². The minimum absolute atomic E-state index is 0.163. The number of benzene rings is 1. The lowest BCUT2D eigenvalue weighted by Crippen LogP contribution is -2.25. The Labute approximate surface area is 185 Å². The van der Waals surface area contributed by atoms with Crippen LogP contribution in [0.2, 0.25) is 4.34 Å². The van der Waals surface area contributed by atoms with Gasteiger partial charge in [-0.1, -0.05) is 23.7 Å². The minimum Gasteiger partial charge on any atom is -0.439 e. The molecule has 3 aromatic heterocycles. The minimum atomic E-state index is -0.397. The summed E-state index contributed by atoms with van der Waals surface area (Å²) in [5.41, 5.74) is 1.38. The van der Waals surface area contributed by atoms with Crippen LogP contribution in [-0.2, 0) is 17.8 Å². The number of thiazole rings is 1. The van der Waals surface area contributed by atoms with Gasteiger partial charge in [-0.2, -0.15) is 0 Å². The fourth-order valence-corrected chi connectivity index (χ4v) is 4.58. The van der Waals surface area contributed by atoms with Gasteiger partial charge in [0.05, 0.1) is 21.3 Å². The van der Waals surface area contributed by atoms with Gasteiger partial charge in [0.1, 0.15) is 16.6 Å². The Kier molecular flexibility index (Phi) is 6.37. The third-order valence-corrected chi connectivity index (χ3v) is 6.31. The van der Waals surface area contributed by atoms with Crippen molar-refractivity contribution in [1.29, 1.82) is 0 Å². The molecule has 9 heteroatoms. The first kappa shape index (κ1) is 20.5. The zero-order valence-corrected chi connectivity index (χ0v) is 17.9. The molecule has 1 aromatic carbocycles. The van der Waals surface area contributed by atoms with E-state index in [0.29, 0.717) is 27.2 Å². The average Bonchev–Trinajstić information content (AvgIpc) is 3.36. The molecule has 0 radical (unpaired) electrons. The molecule has 1 N–H and O–H groups in total. The van der Waals surface area contributed by atoms with Crippen LogP contribution in [0, 0.1) is 5.82 Å².